The van der Waals surface area contributed by atoms with Gasteiger partial charge in [-0.2, -0.15) is 0 Å². The number of hydrogen-bond donors (Lipinski definition) is 3. The van der Waals surface area contributed by atoms with Crippen molar-refractivity contribution in [3.8, 4) is 0 Å². The van der Waals surface area contributed by atoms with E-state index < -0.39 is 23.8 Å². The molecule has 1 heterocycles. The molecule has 0 aromatic heterocycles. The first kappa shape index (κ1) is 13.8. The highest BCUT2D eigenvalue weighted by Gasteiger charge is 2.42. The average Bonchev–Trinajstić information content (AvgIpc) is 2.74. The first-order valence-electron chi connectivity index (χ1n) is 6.80. The number of hydrogen-bond acceptors (Lipinski definition) is 3. The molecule has 1 saturated carbocycles. The van der Waals surface area contributed by atoms with Crippen LogP contribution in [-0.2, 0) is 14.4 Å². The van der Waals surface area contributed by atoms with E-state index in [1.807, 2.05) is 6.92 Å². The molecule has 0 aromatic rings. The normalized spacial score (nSPS) is 34.7. The first-order chi connectivity index (χ1) is 8.99. The second-order valence-corrected chi connectivity index (χ2v) is 5.62. The third-order valence-electron chi connectivity index (χ3n) is 4.05. The Labute approximate surface area is 111 Å². The van der Waals surface area contributed by atoms with E-state index in [0.29, 0.717) is 25.8 Å². The van der Waals surface area contributed by atoms with Crippen molar-refractivity contribution in [2.24, 2.45) is 17.8 Å². The van der Waals surface area contributed by atoms with Gasteiger partial charge in [0.25, 0.3) is 0 Å². The monoisotopic (exact) mass is 268 g/mol. The molecule has 1 aliphatic heterocycles. The number of rotatable bonds is 3. The number of carboxylic acid groups (broad SMARTS) is 1. The minimum absolute atomic E-state index is 0.169. The van der Waals surface area contributed by atoms with Gasteiger partial charge in [-0.05, 0) is 31.6 Å². The van der Waals surface area contributed by atoms with Crippen LogP contribution >= 0.6 is 0 Å². The van der Waals surface area contributed by atoms with E-state index in [0.717, 1.165) is 6.42 Å². The van der Waals surface area contributed by atoms with Crippen LogP contribution in [0.4, 0.5) is 0 Å². The molecular weight excluding hydrogens is 248 g/mol. The number of nitrogens with one attached hydrogen (secondary N) is 2. The van der Waals surface area contributed by atoms with Gasteiger partial charge in [-0.25, -0.2) is 0 Å². The fourth-order valence-electron chi connectivity index (χ4n) is 3.04. The van der Waals surface area contributed by atoms with Crippen molar-refractivity contribution in [1.82, 2.24) is 10.6 Å². The Hall–Kier alpha value is -1.59. The minimum Gasteiger partial charge on any atom is -0.481 e. The van der Waals surface area contributed by atoms with Crippen LogP contribution in [0, 0.1) is 17.8 Å². The quantitative estimate of drug-likeness (QED) is 0.678. The molecule has 3 N–H and O–H groups in total. The van der Waals surface area contributed by atoms with Crippen LogP contribution in [0.15, 0.2) is 0 Å². The topological polar surface area (TPSA) is 95.5 Å². The van der Waals surface area contributed by atoms with E-state index in [9.17, 15) is 14.4 Å². The SMILES string of the molecule is CC1CC(C(=O)O)C(C(=O)NC2CCCNC2=O)C1. The molecule has 6 nitrogen and oxygen atoms in total. The lowest BCUT2D eigenvalue weighted by Crippen LogP contribution is -2.52. The van der Waals surface area contributed by atoms with E-state index in [-0.39, 0.29) is 17.7 Å². The molecule has 0 spiro atoms. The second-order valence-electron chi connectivity index (χ2n) is 5.62. The summed E-state index contributed by atoms with van der Waals surface area (Å²) < 4.78 is 0. The summed E-state index contributed by atoms with van der Waals surface area (Å²) in [7, 11) is 0. The summed E-state index contributed by atoms with van der Waals surface area (Å²) in [5, 5.41) is 14.6. The number of carbonyl (C=O) groups is 3. The third kappa shape index (κ3) is 3.05. The summed E-state index contributed by atoms with van der Waals surface area (Å²) in [6, 6.07) is -0.508. The molecule has 1 aliphatic carbocycles. The van der Waals surface area contributed by atoms with Crippen LogP contribution in [0.5, 0.6) is 0 Å². The van der Waals surface area contributed by atoms with Crippen LogP contribution in [0.3, 0.4) is 0 Å². The summed E-state index contributed by atoms with van der Waals surface area (Å²) in [5.41, 5.74) is 0. The molecule has 0 radical (unpaired) electrons. The maximum Gasteiger partial charge on any atom is 0.307 e. The lowest BCUT2D eigenvalue weighted by Gasteiger charge is -2.25. The van der Waals surface area contributed by atoms with Crippen LogP contribution in [0.25, 0.3) is 0 Å². The minimum atomic E-state index is -0.919. The Morgan fingerprint density at radius 3 is 2.63 bits per heavy atom. The molecule has 2 amide bonds. The van der Waals surface area contributed by atoms with E-state index in [1.54, 1.807) is 0 Å². The Balaban J connectivity index is 1.98. The van der Waals surface area contributed by atoms with Crippen LogP contribution in [-0.4, -0.2) is 35.5 Å². The lowest BCUT2D eigenvalue weighted by atomic mass is 9.94. The van der Waals surface area contributed by atoms with Gasteiger partial charge in [0.15, 0.2) is 0 Å². The predicted octanol–water partition coefficient (Wildman–Crippen LogP) is 0.128. The molecule has 2 aliphatic rings. The summed E-state index contributed by atoms with van der Waals surface area (Å²) in [6.45, 7) is 2.60. The summed E-state index contributed by atoms with van der Waals surface area (Å²) in [4.78, 5) is 34.9. The molecule has 4 unspecified atom stereocenters. The van der Waals surface area contributed by atoms with E-state index >= 15 is 0 Å². The Kier molecular flexibility index (Phi) is 4.07. The van der Waals surface area contributed by atoms with Gasteiger partial charge >= 0.3 is 5.97 Å². The van der Waals surface area contributed by atoms with Gasteiger partial charge in [-0.15, -0.1) is 0 Å². The molecule has 2 fully saturated rings. The zero-order chi connectivity index (χ0) is 14.0. The van der Waals surface area contributed by atoms with Crippen LogP contribution in [0.2, 0.25) is 0 Å². The summed E-state index contributed by atoms with van der Waals surface area (Å²) in [5.74, 6) is -2.28. The number of aliphatic carboxylic acids is 1. The van der Waals surface area contributed by atoms with Crippen molar-refractivity contribution in [2.75, 3.05) is 6.54 Å². The van der Waals surface area contributed by atoms with Crippen LogP contribution < -0.4 is 10.6 Å². The van der Waals surface area contributed by atoms with Crippen molar-refractivity contribution in [3.63, 3.8) is 0 Å². The predicted molar refractivity (Wildman–Crippen MR) is 67.2 cm³/mol. The molecule has 19 heavy (non-hydrogen) atoms. The lowest BCUT2D eigenvalue weighted by molar-refractivity contribution is -0.146. The Bertz CT molecular complexity index is 396. The highest BCUT2D eigenvalue weighted by molar-refractivity contribution is 5.91. The number of carboxylic acids is 1. The first-order valence-corrected chi connectivity index (χ1v) is 6.80. The average molecular weight is 268 g/mol. The molecule has 0 aromatic carbocycles. The molecule has 0 bridgehead atoms. The van der Waals surface area contributed by atoms with E-state index in [2.05, 4.69) is 10.6 Å². The van der Waals surface area contributed by atoms with Gasteiger partial charge in [-0.1, -0.05) is 6.92 Å². The zero-order valence-electron chi connectivity index (χ0n) is 11.0. The summed E-state index contributed by atoms with van der Waals surface area (Å²) >= 11 is 0. The standard InChI is InChI=1S/C13H20N2O4/c1-7-5-8(9(6-7)13(18)19)11(16)15-10-3-2-4-14-12(10)17/h7-10H,2-6H2,1H3,(H,14,17)(H,15,16)(H,18,19). The summed E-state index contributed by atoms with van der Waals surface area (Å²) in [6.07, 6.45) is 2.57. The fraction of sp³-hybridized carbons (Fsp3) is 0.769. The Morgan fingerprint density at radius 2 is 2.00 bits per heavy atom. The van der Waals surface area contributed by atoms with Crippen molar-refractivity contribution in [3.05, 3.63) is 0 Å². The zero-order valence-corrected chi connectivity index (χ0v) is 11.0. The van der Waals surface area contributed by atoms with Gasteiger partial charge < -0.3 is 15.7 Å². The van der Waals surface area contributed by atoms with Gasteiger partial charge in [0, 0.05) is 6.54 Å². The molecular formula is C13H20N2O4. The van der Waals surface area contributed by atoms with Gasteiger partial charge in [0.2, 0.25) is 11.8 Å². The second kappa shape index (κ2) is 5.59. The van der Waals surface area contributed by atoms with E-state index in [4.69, 9.17) is 5.11 Å². The third-order valence-corrected chi connectivity index (χ3v) is 4.05. The van der Waals surface area contributed by atoms with E-state index in [1.165, 1.54) is 0 Å². The van der Waals surface area contributed by atoms with Crippen molar-refractivity contribution in [2.45, 2.75) is 38.6 Å². The molecule has 2 rings (SSSR count). The molecule has 106 valence electrons. The molecule has 1 saturated heterocycles. The van der Waals surface area contributed by atoms with Gasteiger partial charge in [-0.3, -0.25) is 14.4 Å². The maximum absolute atomic E-state index is 12.2. The van der Waals surface area contributed by atoms with Crippen molar-refractivity contribution in [1.29, 1.82) is 0 Å². The van der Waals surface area contributed by atoms with Crippen LogP contribution in [0.1, 0.15) is 32.6 Å². The van der Waals surface area contributed by atoms with Gasteiger partial charge in [0.1, 0.15) is 6.04 Å². The highest BCUT2D eigenvalue weighted by atomic mass is 16.4. The smallest absolute Gasteiger partial charge is 0.307 e. The maximum atomic E-state index is 12.2. The van der Waals surface area contributed by atoms with Gasteiger partial charge in [0.05, 0.1) is 11.8 Å². The number of carbonyl (C=O) groups excluding carboxylic acids is 2. The largest absolute Gasteiger partial charge is 0.481 e. The molecule has 6 heteroatoms. The highest BCUT2D eigenvalue weighted by Crippen LogP contribution is 2.36. The van der Waals surface area contributed by atoms with Crippen molar-refractivity contribution >= 4 is 17.8 Å². The number of piperidine rings is 1. The van der Waals surface area contributed by atoms with Crippen molar-refractivity contribution < 1.29 is 19.5 Å². The molecule has 4 atom stereocenters. The Morgan fingerprint density at radius 1 is 1.32 bits per heavy atom. The number of amides is 2. The fourth-order valence-corrected chi connectivity index (χ4v) is 3.04.